The average molecular weight is 383 g/mol. The molecule has 3 rings (SSSR count). The van der Waals surface area contributed by atoms with Crippen molar-refractivity contribution in [3.05, 3.63) is 46.5 Å². The molecule has 0 aliphatic carbocycles. The van der Waals surface area contributed by atoms with E-state index in [9.17, 15) is 14.4 Å². The largest absolute Gasteiger partial charge is 0.493 e. The van der Waals surface area contributed by atoms with Crippen LogP contribution in [0.3, 0.4) is 0 Å². The SMILES string of the molecule is COc1cc2c(c(OC)c1OC)C(=O)C(=O)N2CC(=O)c1ccc(C)c(C)c1. The van der Waals surface area contributed by atoms with Crippen LogP contribution >= 0.6 is 0 Å². The summed E-state index contributed by atoms with van der Waals surface area (Å²) in [5.74, 6) is -1.19. The van der Waals surface area contributed by atoms with E-state index in [2.05, 4.69) is 0 Å². The van der Waals surface area contributed by atoms with Gasteiger partial charge < -0.3 is 14.2 Å². The summed E-state index contributed by atoms with van der Waals surface area (Å²) in [6, 6.07) is 6.84. The van der Waals surface area contributed by atoms with Crippen molar-refractivity contribution in [2.75, 3.05) is 32.8 Å². The van der Waals surface area contributed by atoms with Crippen molar-refractivity contribution in [1.82, 2.24) is 0 Å². The van der Waals surface area contributed by atoms with Gasteiger partial charge in [-0.2, -0.15) is 0 Å². The molecule has 7 heteroatoms. The molecule has 1 amide bonds. The van der Waals surface area contributed by atoms with Gasteiger partial charge in [0.15, 0.2) is 17.3 Å². The lowest BCUT2D eigenvalue weighted by Gasteiger charge is -2.19. The number of carbonyl (C=O) groups is 3. The van der Waals surface area contributed by atoms with Crippen LogP contribution in [0, 0.1) is 13.8 Å². The molecular weight excluding hydrogens is 362 g/mol. The molecule has 7 nitrogen and oxygen atoms in total. The first-order valence-electron chi connectivity index (χ1n) is 8.63. The summed E-state index contributed by atoms with van der Waals surface area (Å²) >= 11 is 0. The number of ketones is 2. The van der Waals surface area contributed by atoms with Gasteiger partial charge in [-0.15, -0.1) is 0 Å². The van der Waals surface area contributed by atoms with Crippen molar-refractivity contribution in [2.24, 2.45) is 0 Å². The topological polar surface area (TPSA) is 82.1 Å². The van der Waals surface area contributed by atoms with Gasteiger partial charge in [0.05, 0.1) is 39.1 Å². The minimum Gasteiger partial charge on any atom is -0.493 e. The Morgan fingerprint density at radius 2 is 1.61 bits per heavy atom. The van der Waals surface area contributed by atoms with Crippen LogP contribution in [0.2, 0.25) is 0 Å². The van der Waals surface area contributed by atoms with Crippen LogP contribution in [0.15, 0.2) is 24.3 Å². The fourth-order valence-electron chi connectivity index (χ4n) is 3.22. The molecule has 0 spiro atoms. The van der Waals surface area contributed by atoms with Gasteiger partial charge in [-0.25, -0.2) is 0 Å². The molecule has 1 heterocycles. The third-order valence-corrected chi connectivity index (χ3v) is 4.90. The van der Waals surface area contributed by atoms with E-state index in [0.717, 1.165) is 16.0 Å². The van der Waals surface area contributed by atoms with Crippen LogP contribution in [0.1, 0.15) is 31.8 Å². The van der Waals surface area contributed by atoms with Crippen LogP contribution < -0.4 is 19.1 Å². The summed E-state index contributed by atoms with van der Waals surface area (Å²) in [4.78, 5) is 39.1. The summed E-state index contributed by atoms with van der Waals surface area (Å²) in [6.07, 6.45) is 0. The number of aryl methyl sites for hydroxylation is 2. The normalized spacial score (nSPS) is 12.8. The number of hydrogen-bond donors (Lipinski definition) is 0. The quantitative estimate of drug-likeness (QED) is 0.564. The number of nitrogens with zero attached hydrogens (tertiary/aromatic N) is 1. The minimum absolute atomic E-state index is 0.0676. The Bertz CT molecular complexity index is 995. The van der Waals surface area contributed by atoms with E-state index in [1.165, 1.54) is 27.4 Å². The van der Waals surface area contributed by atoms with Gasteiger partial charge in [0.25, 0.3) is 11.7 Å². The fraction of sp³-hybridized carbons (Fsp3) is 0.286. The Morgan fingerprint density at radius 3 is 2.18 bits per heavy atom. The zero-order chi connectivity index (χ0) is 20.6. The van der Waals surface area contributed by atoms with Gasteiger partial charge in [-0.1, -0.05) is 12.1 Å². The molecular formula is C21H21NO6. The molecule has 0 unspecified atom stereocenters. The van der Waals surface area contributed by atoms with E-state index < -0.39 is 11.7 Å². The highest BCUT2D eigenvalue weighted by molar-refractivity contribution is 6.53. The Labute approximate surface area is 162 Å². The van der Waals surface area contributed by atoms with Gasteiger partial charge in [0.1, 0.15) is 0 Å². The molecule has 0 atom stereocenters. The van der Waals surface area contributed by atoms with Crippen molar-refractivity contribution < 1.29 is 28.6 Å². The second kappa shape index (κ2) is 7.34. The van der Waals surface area contributed by atoms with Crippen LogP contribution in [0.25, 0.3) is 0 Å². The third-order valence-electron chi connectivity index (χ3n) is 4.90. The van der Waals surface area contributed by atoms with Crippen molar-refractivity contribution in [2.45, 2.75) is 13.8 Å². The molecule has 0 bridgehead atoms. The molecule has 2 aromatic carbocycles. The molecule has 1 aliphatic heterocycles. The first-order valence-corrected chi connectivity index (χ1v) is 8.63. The maximum absolute atomic E-state index is 12.8. The number of anilines is 1. The number of ether oxygens (including phenoxy) is 3. The highest BCUT2D eigenvalue weighted by atomic mass is 16.5. The standard InChI is InChI=1S/C21H21NO6/c1-11-6-7-13(8-12(11)2)15(23)10-22-14-9-16(26-3)19(27-4)20(28-5)17(14)18(24)21(22)25/h6-9H,10H2,1-5H3. The lowest BCUT2D eigenvalue weighted by molar-refractivity contribution is -0.114. The number of carbonyl (C=O) groups excluding carboxylic acids is 3. The van der Waals surface area contributed by atoms with Gasteiger partial charge in [0.2, 0.25) is 5.75 Å². The number of rotatable bonds is 6. The van der Waals surface area contributed by atoms with Crippen molar-refractivity contribution in [1.29, 1.82) is 0 Å². The zero-order valence-corrected chi connectivity index (χ0v) is 16.4. The van der Waals surface area contributed by atoms with E-state index in [1.807, 2.05) is 19.9 Å². The van der Waals surface area contributed by atoms with Crippen molar-refractivity contribution >= 4 is 23.2 Å². The summed E-state index contributed by atoms with van der Waals surface area (Å²) in [6.45, 7) is 3.60. The molecule has 0 N–H and O–H groups in total. The molecule has 146 valence electrons. The Kier molecular flexibility index (Phi) is 5.09. The summed E-state index contributed by atoms with van der Waals surface area (Å²) in [5, 5.41) is 0. The molecule has 0 saturated carbocycles. The summed E-state index contributed by atoms with van der Waals surface area (Å²) in [5.41, 5.74) is 2.85. The molecule has 1 aliphatic rings. The number of fused-ring (bicyclic) bond motifs is 1. The first-order chi connectivity index (χ1) is 13.3. The molecule has 0 fully saturated rings. The van der Waals surface area contributed by atoms with Gasteiger partial charge in [0, 0.05) is 11.6 Å². The molecule has 0 aromatic heterocycles. The number of hydrogen-bond acceptors (Lipinski definition) is 6. The smallest absolute Gasteiger partial charge is 0.300 e. The van der Waals surface area contributed by atoms with E-state index in [-0.39, 0.29) is 35.1 Å². The predicted octanol–water partition coefficient (Wildman–Crippen LogP) is 2.74. The number of Topliss-reactive ketones (excluding diaryl/α,β-unsaturated/α-hetero) is 2. The second-order valence-corrected chi connectivity index (χ2v) is 6.48. The Hall–Kier alpha value is -3.35. The molecule has 28 heavy (non-hydrogen) atoms. The van der Waals surface area contributed by atoms with Crippen LogP contribution in [-0.2, 0) is 4.79 Å². The summed E-state index contributed by atoms with van der Waals surface area (Å²) < 4.78 is 15.9. The molecule has 0 radical (unpaired) electrons. The lowest BCUT2D eigenvalue weighted by Crippen LogP contribution is -2.34. The number of methoxy groups -OCH3 is 3. The molecule has 0 saturated heterocycles. The monoisotopic (exact) mass is 383 g/mol. The first kappa shape index (κ1) is 19.4. The van der Waals surface area contributed by atoms with Crippen LogP contribution in [0.5, 0.6) is 17.2 Å². The van der Waals surface area contributed by atoms with E-state index in [4.69, 9.17) is 14.2 Å². The zero-order valence-electron chi connectivity index (χ0n) is 16.4. The Morgan fingerprint density at radius 1 is 0.929 bits per heavy atom. The lowest BCUT2D eigenvalue weighted by atomic mass is 10.0. The minimum atomic E-state index is -0.791. The third kappa shape index (κ3) is 2.98. The maximum Gasteiger partial charge on any atom is 0.300 e. The maximum atomic E-state index is 12.8. The summed E-state index contributed by atoms with van der Waals surface area (Å²) in [7, 11) is 4.22. The molecule has 2 aromatic rings. The van der Waals surface area contributed by atoms with Gasteiger partial charge in [-0.3, -0.25) is 19.3 Å². The fourth-order valence-corrected chi connectivity index (χ4v) is 3.22. The number of benzene rings is 2. The van der Waals surface area contributed by atoms with Crippen molar-refractivity contribution in [3.63, 3.8) is 0 Å². The van der Waals surface area contributed by atoms with E-state index in [0.29, 0.717) is 11.3 Å². The Balaban J connectivity index is 2.05. The van der Waals surface area contributed by atoms with Gasteiger partial charge in [-0.05, 0) is 31.0 Å². The van der Waals surface area contributed by atoms with Crippen molar-refractivity contribution in [3.8, 4) is 17.2 Å². The number of amides is 1. The highest BCUT2D eigenvalue weighted by Gasteiger charge is 2.42. The van der Waals surface area contributed by atoms with E-state index in [1.54, 1.807) is 12.1 Å². The van der Waals surface area contributed by atoms with E-state index >= 15 is 0 Å². The second-order valence-electron chi connectivity index (χ2n) is 6.48. The van der Waals surface area contributed by atoms with Gasteiger partial charge >= 0.3 is 0 Å². The average Bonchev–Trinajstić information content (AvgIpc) is 2.92. The highest BCUT2D eigenvalue weighted by Crippen LogP contribution is 2.48. The van der Waals surface area contributed by atoms with Crippen LogP contribution in [-0.4, -0.2) is 45.3 Å². The van der Waals surface area contributed by atoms with Crippen LogP contribution in [0.4, 0.5) is 5.69 Å². The predicted molar refractivity (Wildman–Crippen MR) is 103 cm³/mol.